The summed E-state index contributed by atoms with van der Waals surface area (Å²) in [5, 5.41) is 2.13. The molecule has 202 valence electrons. The van der Waals surface area contributed by atoms with Crippen molar-refractivity contribution in [1.82, 2.24) is 0 Å². The molecule has 0 aliphatic carbocycles. The summed E-state index contributed by atoms with van der Waals surface area (Å²) in [6.45, 7) is 0. The van der Waals surface area contributed by atoms with Crippen LogP contribution in [0.4, 0.5) is 45.2 Å². The van der Waals surface area contributed by atoms with Gasteiger partial charge in [0.15, 0.2) is 0 Å². The monoisotopic (exact) mass is 772 g/mol. The fourth-order valence-corrected chi connectivity index (χ4v) is 5.49. The molecule has 0 fully saturated rings. The van der Waals surface area contributed by atoms with Crippen LogP contribution in [0.3, 0.4) is 0 Å². The van der Waals surface area contributed by atoms with Gasteiger partial charge in [-0.15, -0.1) is 0 Å². The van der Waals surface area contributed by atoms with Crippen molar-refractivity contribution in [3.8, 4) is 11.1 Å². The minimum absolute atomic E-state index is 0.245. The Labute approximate surface area is 235 Å². The van der Waals surface area contributed by atoms with Crippen molar-refractivity contribution in [1.29, 1.82) is 0 Å². The Morgan fingerprint density at radius 1 is 0.789 bits per heavy atom. The number of rotatable bonds is 5. The van der Waals surface area contributed by atoms with Crippen molar-refractivity contribution in [3.05, 3.63) is 84.0 Å². The van der Waals surface area contributed by atoms with Crippen molar-refractivity contribution in [3.63, 3.8) is 0 Å². The molecule has 2 amide bonds. The summed E-state index contributed by atoms with van der Waals surface area (Å²) in [6.07, 6.45) is -12.7. The highest BCUT2D eigenvalue weighted by Gasteiger charge is 2.73. The number of anilines is 1. The molecule has 3 aromatic rings. The van der Waals surface area contributed by atoms with Crippen molar-refractivity contribution in [2.75, 3.05) is 5.32 Å². The van der Waals surface area contributed by atoms with E-state index in [0.717, 1.165) is 6.07 Å². The topological polar surface area (TPSA) is 72.2 Å². The van der Waals surface area contributed by atoms with Crippen LogP contribution in [-0.2, 0) is 5.67 Å². The molecule has 4 nitrogen and oxygen atoms in total. The van der Waals surface area contributed by atoms with Gasteiger partial charge in [0.25, 0.3) is 5.91 Å². The van der Waals surface area contributed by atoms with Crippen LogP contribution in [0.25, 0.3) is 11.1 Å². The van der Waals surface area contributed by atoms with Crippen LogP contribution in [0.2, 0.25) is 0 Å². The third kappa shape index (κ3) is 5.30. The lowest BCUT2D eigenvalue weighted by atomic mass is 9.94. The van der Waals surface area contributed by atoms with Gasteiger partial charge >= 0.3 is 18.0 Å². The Balaban J connectivity index is 2.08. The van der Waals surface area contributed by atoms with Gasteiger partial charge in [-0.05, 0) is 75.5 Å². The molecule has 0 aliphatic heterocycles. The van der Waals surface area contributed by atoms with Crippen LogP contribution < -0.4 is 11.1 Å². The summed E-state index contributed by atoms with van der Waals surface area (Å²) in [4.78, 5) is 24.6. The van der Waals surface area contributed by atoms with E-state index in [-0.39, 0.29) is 28.9 Å². The minimum atomic E-state index is -6.35. The fourth-order valence-electron chi connectivity index (χ4n) is 3.45. The number of carbonyl (C=O) groups excluding carboxylic acids is 2. The van der Waals surface area contributed by atoms with Crippen LogP contribution in [-0.4, -0.2) is 24.2 Å². The maximum Gasteiger partial charge on any atom is 0.435 e. The highest BCUT2D eigenvalue weighted by atomic mass is 127. The number of alkyl halides is 7. The summed E-state index contributed by atoms with van der Waals surface area (Å²) < 4.78 is 122. The number of nitrogens with two attached hydrogens (primary N) is 1. The number of hydrogen-bond acceptors (Lipinski definition) is 2. The van der Waals surface area contributed by atoms with Gasteiger partial charge in [-0.2, -0.15) is 26.3 Å². The van der Waals surface area contributed by atoms with Crippen molar-refractivity contribution < 1.29 is 49.1 Å². The normalized spacial score (nSPS) is 12.4. The average molecular weight is 772 g/mol. The standard InChI is InChI=1S/C23H11F9I2N2O2/c24-13-6-5-12(17(25)16(13)10-3-1-2-4-11(10)19(35)37)20(38)36-18-14(33)7-9(8-15(18)34)21(26,22(27,28)29)23(30,31)32/h1-8H,(H2,35,37)(H,36,38). The van der Waals surface area contributed by atoms with Gasteiger partial charge < -0.3 is 11.1 Å². The first-order chi connectivity index (χ1) is 17.4. The van der Waals surface area contributed by atoms with Crippen LogP contribution in [0.15, 0.2) is 48.5 Å². The second-order valence-corrected chi connectivity index (χ2v) is 9.94. The zero-order chi connectivity index (χ0) is 28.8. The fraction of sp³-hybridized carbons (Fsp3) is 0.130. The number of nitrogens with one attached hydrogen (secondary N) is 1. The van der Waals surface area contributed by atoms with Crippen molar-refractivity contribution >= 4 is 62.7 Å². The SMILES string of the molecule is NC(=O)c1ccccc1-c1c(F)ccc(C(=O)Nc2c(I)cc(C(F)(C(F)(F)F)C(F)(F)F)cc2I)c1F. The number of amides is 2. The van der Waals surface area contributed by atoms with E-state index in [4.69, 9.17) is 5.73 Å². The average Bonchev–Trinajstić information content (AvgIpc) is 2.79. The van der Waals surface area contributed by atoms with Crippen LogP contribution in [0.1, 0.15) is 26.3 Å². The number of carbonyl (C=O) groups is 2. The predicted molar refractivity (Wildman–Crippen MR) is 135 cm³/mol. The molecule has 0 spiro atoms. The predicted octanol–water partition coefficient (Wildman–Crippen LogP) is 7.48. The molecule has 38 heavy (non-hydrogen) atoms. The third-order valence-corrected chi connectivity index (χ3v) is 6.96. The summed E-state index contributed by atoms with van der Waals surface area (Å²) in [6, 6.07) is 7.06. The van der Waals surface area contributed by atoms with Gasteiger partial charge in [-0.3, -0.25) is 9.59 Å². The van der Waals surface area contributed by atoms with E-state index in [2.05, 4.69) is 5.32 Å². The number of halogens is 11. The Kier molecular flexibility index (Phi) is 8.31. The summed E-state index contributed by atoms with van der Waals surface area (Å²) in [7, 11) is 0. The Morgan fingerprint density at radius 2 is 1.32 bits per heavy atom. The summed E-state index contributed by atoms with van der Waals surface area (Å²) >= 11 is 2.55. The molecular weight excluding hydrogens is 761 g/mol. The Bertz CT molecular complexity index is 1400. The van der Waals surface area contributed by atoms with Gasteiger partial charge in [0.2, 0.25) is 5.91 Å². The summed E-state index contributed by atoms with van der Waals surface area (Å²) in [5.41, 5.74) is -4.65. The van der Waals surface area contributed by atoms with E-state index in [0.29, 0.717) is 6.07 Å². The second-order valence-electron chi connectivity index (χ2n) is 7.62. The smallest absolute Gasteiger partial charge is 0.366 e. The first-order valence-corrected chi connectivity index (χ1v) is 12.1. The highest BCUT2D eigenvalue weighted by Crippen LogP contribution is 2.54. The molecule has 0 radical (unpaired) electrons. The maximum absolute atomic E-state index is 15.3. The third-order valence-electron chi connectivity index (χ3n) is 5.26. The molecule has 0 bridgehead atoms. The zero-order valence-electron chi connectivity index (χ0n) is 18.2. The van der Waals surface area contributed by atoms with E-state index >= 15 is 4.39 Å². The molecule has 0 saturated heterocycles. The largest absolute Gasteiger partial charge is 0.435 e. The zero-order valence-corrected chi connectivity index (χ0v) is 22.5. The number of primary amides is 1. The van der Waals surface area contributed by atoms with E-state index in [9.17, 15) is 44.7 Å². The van der Waals surface area contributed by atoms with E-state index in [1.54, 1.807) is 0 Å². The quantitative estimate of drug-likeness (QED) is 0.209. The Morgan fingerprint density at radius 3 is 1.82 bits per heavy atom. The van der Waals surface area contributed by atoms with E-state index < -0.39 is 65.3 Å². The van der Waals surface area contributed by atoms with Crippen molar-refractivity contribution in [2.45, 2.75) is 18.0 Å². The van der Waals surface area contributed by atoms with Crippen molar-refractivity contribution in [2.24, 2.45) is 5.73 Å². The lowest BCUT2D eigenvalue weighted by Crippen LogP contribution is -2.50. The molecule has 3 aromatic carbocycles. The van der Waals surface area contributed by atoms with Gasteiger partial charge in [0.1, 0.15) is 11.6 Å². The van der Waals surface area contributed by atoms with Gasteiger partial charge in [0, 0.05) is 23.8 Å². The Hall–Kier alpha value is -2.57. The lowest BCUT2D eigenvalue weighted by molar-refractivity contribution is -0.348. The molecule has 0 aliphatic rings. The number of benzene rings is 3. The lowest BCUT2D eigenvalue weighted by Gasteiger charge is -2.31. The summed E-state index contributed by atoms with van der Waals surface area (Å²) in [5.74, 6) is -4.85. The molecule has 0 saturated carbocycles. The molecule has 0 aromatic heterocycles. The van der Waals surface area contributed by atoms with E-state index in [1.165, 1.54) is 69.4 Å². The molecule has 3 rings (SSSR count). The second kappa shape index (κ2) is 10.5. The highest BCUT2D eigenvalue weighted by molar-refractivity contribution is 14.1. The van der Waals surface area contributed by atoms with Gasteiger partial charge in [-0.25, -0.2) is 13.2 Å². The molecular formula is C23H11F9I2N2O2. The maximum atomic E-state index is 15.3. The van der Waals surface area contributed by atoms with Gasteiger partial charge in [-0.1, -0.05) is 18.2 Å². The first-order valence-electron chi connectivity index (χ1n) is 9.92. The first kappa shape index (κ1) is 30.0. The van der Waals surface area contributed by atoms with Crippen LogP contribution in [0, 0.1) is 18.8 Å². The molecule has 0 atom stereocenters. The molecule has 3 N–H and O–H groups in total. The number of hydrogen-bond donors (Lipinski definition) is 2. The van der Waals surface area contributed by atoms with Gasteiger partial charge in [0.05, 0.1) is 16.8 Å². The molecule has 0 heterocycles. The van der Waals surface area contributed by atoms with Crippen LogP contribution >= 0.6 is 45.2 Å². The molecule has 0 unspecified atom stereocenters. The molecule has 15 heteroatoms. The van der Waals surface area contributed by atoms with Crippen LogP contribution in [0.5, 0.6) is 0 Å². The minimum Gasteiger partial charge on any atom is -0.366 e. The van der Waals surface area contributed by atoms with E-state index in [1.807, 2.05) is 0 Å².